The van der Waals surface area contributed by atoms with Crippen LogP contribution in [0.3, 0.4) is 0 Å². The van der Waals surface area contributed by atoms with Crippen LogP contribution in [0.25, 0.3) is 5.57 Å². The van der Waals surface area contributed by atoms with Crippen molar-refractivity contribution < 1.29 is 19.1 Å². The molecule has 0 saturated carbocycles. The molecule has 2 heterocycles. The van der Waals surface area contributed by atoms with Crippen molar-refractivity contribution in [2.45, 2.75) is 26.2 Å². The molecule has 6 nitrogen and oxygen atoms in total. The molecule has 0 unspecified atom stereocenters. The average molecular weight is 389 g/mol. The van der Waals surface area contributed by atoms with Crippen molar-refractivity contribution in [2.75, 3.05) is 45.9 Å². The number of aliphatic hydroxyl groups is 1. The van der Waals surface area contributed by atoms with E-state index < -0.39 is 0 Å². The van der Waals surface area contributed by atoms with Gasteiger partial charge in [-0.15, -0.1) is 0 Å². The van der Waals surface area contributed by atoms with E-state index in [0.29, 0.717) is 43.0 Å². The highest BCUT2D eigenvalue weighted by Crippen LogP contribution is 2.32. The van der Waals surface area contributed by atoms with E-state index in [1.54, 1.807) is 12.1 Å². The number of aliphatic hydroxyl groups excluding tert-OH is 1. The van der Waals surface area contributed by atoms with Crippen molar-refractivity contribution in [2.24, 2.45) is 0 Å². The smallest absolute Gasteiger partial charge is 0.277 e. The lowest BCUT2D eigenvalue weighted by molar-refractivity contribution is -0.137. The first-order valence-electron chi connectivity index (χ1n) is 10.0. The van der Waals surface area contributed by atoms with E-state index in [2.05, 4.69) is 11.8 Å². The number of imide groups is 1. The molecular weight excluding hydrogens is 361 g/mol. The summed E-state index contributed by atoms with van der Waals surface area (Å²) in [6, 6.07) is 5.76. The Kier molecular flexibility index (Phi) is 6.80. The molecule has 1 aromatic carbocycles. The number of benzene rings is 1. The minimum absolute atomic E-state index is 0.103. The summed E-state index contributed by atoms with van der Waals surface area (Å²) >= 11 is 0. The molecule has 2 aliphatic heterocycles. The van der Waals surface area contributed by atoms with Crippen LogP contribution in [0.2, 0.25) is 0 Å². The van der Waals surface area contributed by atoms with Crippen LogP contribution >= 0.6 is 0 Å². The van der Waals surface area contributed by atoms with Crippen LogP contribution in [-0.4, -0.2) is 77.5 Å². The lowest BCUT2D eigenvalue weighted by atomic mass is 10.0. The molecule has 0 atom stereocenters. The minimum atomic E-state index is -0.375. The first-order valence-corrected chi connectivity index (χ1v) is 10.0. The van der Waals surface area contributed by atoms with Gasteiger partial charge in [-0.25, -0.2) is 4.39 Å². The van der Waals surface area contributed by atoms with Crippen molar-refractivity contribution in [3.63, 3.8) is 0 Å². The SMILES string of the molecule is CCCCCN1C(=O)C(c2ccc(F)cc2)=C(N2CCN(CCO)CC2)C1=O. The number of amides is 2. The van der Waals surface area contributed by atoms with E-state index in [1.807, 2.05) is 4.90 Å². The Balaban J connectivity index is 1.89. The van der Waals surface area contributed by atoms with Gasteiger partial charge in [-0.05, 0) is 24.1 Å². The lowest BCUT2D eigenvalue weighted by Crippen LogP contribution is -2.48. The third-order valence-electron chi connectivity index (χ3n) is 5.37. The second-order valence-corrected chi connectivity index (χ2v) is 7.25. The van der Waals surface area contributed by atoms with Gasteiger partial charge in [0, 0.05) is 39.3 Å². The van der Waals surface area contributed by atoms with Crippen LogP contribution in [0.5, 0.6) is 0 Å². The van der Waals surface area contributed by atoms with Gasteiger partial charge in [-0.1, -0.05) is 31.9 Å². The van der Waals surface area contributed by atoms with Crippen molar-refractivity contribution in [1.82, 2.24) is 14.7 Å². The number of piperazine rings is 1. The van der Waals surface area contributed by atoms with E-state index in [9.17, 15) is 14.0 Å². The molecule has 3 rings (SSSR count). The fraction of sp³-hybridized carbons (Fsp3) is 0.524. The second kappa shape index (κ2) is 9.30. The topological polar surface area (TPSA) is 64.1 Å². The molecule has 0 radical (unpaired) electrons. The molecule has 2 aliphatic rings. The summed E-state index contributed by atoms with van der Waals surface area (Å²) in [5.74, 6) is -0.920. The molecule has 1 N–H and O–H groups in total. The van der Waals surface area contributed by atoms with Crippen molar-refractivity contribution in [3.8, 4) is 0 Å². The largest absolute Gasteiger partial charge is 0.395 e. The summed E-state index contributed by atoms with van der Waals surface area (Å²) in [4.78, 5) is 31.7. The normalized spacial score (nSPS) is 18.5. The molecule has 7 heteroatoms. The number of hydrogen-bond acceptors (Lipinski definition) is 5. The van der Waals surface area contributed by atoms with Gasteiger partial charge in [0.25, 0.3) is 11.8 Å². The number of rotatable bonds is 8. The van der Waals surface area contributed by atoms with E-state index in [4.69, 9.17) is 5.11 Å². The van der Waals surface area contributed by atoms with Gasteiger partial charge in [0.05, 0.1) is 12.2 Å². The summed E-state index contributed by atoms with van der Waals surface area (Å²) < 4.78 is 13.4. The number of carbonyl (C=O) groups excluding carboxylic acids is 2. The van der Waals surface area contributed by atoms with Gasteiger partial charge in [0.2, 0.25) is 0 Å². The standard InChI is InChI=1S/C21H28FN3O3/c1-2-3-4-9-25-20(27)18(16-5-7-17(22)8-6-16)19(21(25)28)24-12-10-23(11-13-24)14-15-26/h5-8,26H,2-4,9-15H2,1H3. The van der Waals surface area contributed by atoms with Crippen molar-refractivity contribution in [3.05, 3.63) is 41.3 Å². The predicted octanol–water partition coefficient (Wildman–Crippen LogP) is 1.71. The van der Waals surface area contributed by atoms with E-state index in [0.717, 1.165) is 32.4 Å². The number of unbranched alkanes of at least 4 members (excludes halogenated alkanes) is 2. The predicted molar refractivity (Wildman–Crippen MR) is 105 cm³/mol. The van der Waals surface area contributed by atoms with Crippen LogP contribution in [0.15, 0.2) is 30.0 Å². The third-order valence-corrected chi connectivity index (χ3v) is 5.37. The lowest BCUT2D eigenvalue weighted by Gasteiger charge is -2.36. The van der Waals surface area contributed by atoms with Gasteiger partial charge >= 0.3 is 0 Å². The second-order valence-electron chi connectivity index (χ2n) is 7.25. The first-order chi connectivity index (χ1) is 13.6. The average Bonchev–Trinajstić information content (AvgIpc) is 2.94. The van der Waals surface area contributed by atoms with Crippen LogP contribution in [-0.2, 0) is 9.59 Å². The molecule has 0 bridgehead atoms. The Bertz CT molecular complexity index is 740. The maximum atomic E-state index is 13.4. The molecule has 1 saturated heterocycles. The molecule has 1 fully saturated rings. The fourth-order valence-electron chi connectivity index (χ4n) is 3.79. The molecular formula is C21H28FN3O3. The zero-order valence-corrected chi connectivity index (χ0v) is 16.4. The molecule has 0 aromatic heterocycles. The Hall–Kier alpha value is -2.25. The first kappa shape index (κ1) is 20.5. The monoisotopic (exact) mass is 389 g/mol. The van der Waals surface area contributed by atoms with Gasteiger partial charge in [0.15, 0.2) is 0 Å². The summed E-state index contributed by atoms with van der Waals surface area (Å²) in [6.45, 7) is 5.86. The highest BCUT2D eigenvalue weighted by atomic mass is 19.1. The van der Waals surface area contributed by atoms with E-state index in [1.165, 1.54) is 17.0 Å². The summed E-state index contributed by atoms with van der Waals surface area (Å²) in [7, 11) is 0. The number of β-amino-alcohol motifs (C(OH)–C–C–N with tert-alkyl or cyclic N) is 1. The van der Waals surface area contributed by atoms with Gasteiger partial charge in [-0.3, -0.25) is 19.4 Å². The number of nitrogens with zero attached hydrogens (tertiary/aromatic N) is 3. The van der Waals surface area contributed by atoms with Crippen LogP contribution in [0.4, 0.5) is 4.39 Å². The van der Waals surface area contributed by atoms with Crippen LogP contribution in [0, 0.1) is 5.82 Å². The Morgan fingerprint density at radius 2 is 1.64 bits per heavy atom. The van der Waals surface area contributed by atoms with Crippen LogP contribution in [0.1, 0.15) is 31.7 Å². The summed E-state index contributed by atoms with van der Waals surface area (Å²) in [6.07, 6.45) is 2.74. The van der Waals surface area contributed by atoms with Crippen molar-refractivity contribution >= 4 is 17.4 Å². The molecule has 152 valence electrons. The maximum absolute atomic E-state index is 13.4. The Labute approximate surface area is 165 Å². The highest BCUT2D eigenvalue weighted by Gasteiger charge is 2.41. The van der Waals surface area contributed by atoms with E-state index in [-0.39, 0.29) is 24.2 Å². The van der Waals surface area contributed by atoms with Gasteiger partial charge < -0.3 is 10.0 Å². The quantitative estimate of drug-likeness (QED) is 0.542. The number of carbonyl (C=O) groups is 2. The van der Waals surface area contributed by atoms with E-state index >= 15 is 0 Å². The van der Waals surface area contributed by atoms with Gasteiger partial charge in [0.1, 0.15) is 11.5 Å². The number of hydrogen-bond donors (Lipinski definition) is 1. The Morgan fingerprint density at radius 1 is 0.964 bits per heavy atom. The molecule has 28 heavy (non-hydrogen) atoms. The summed E-state index contributed by atoms with van der Waals surface area (Å²) in [5, 5.41) is 9.12. The van der Waals surface area contributed by atoms with Gasteiger partial charge in [-0.2, -0.15) is 0 Å². The van der Waals surface area contributed by atoms with Crippen LogP contribution < -0.4 is 0 Å². The molecule has 0 spiro atoms. The molecule has 2 amide bonds. The number of halogens is 1. The molecule has 1 aromatic rings. The fourth-order valence-corrected chi connectivity index (χ4v) is 3.79. The Morgan fingerprint density at radius 3 is 2.25 bits per heavy atom. The summed E-state index contributed by atoms with van der Waals surface area (Å²) in [5.41, 5.74) is 1.37. The third kappa shape index (κ3) is 4.25. The minimum Gasteiger partial charge on any atom is -0.395 e. The maximum Gasteiger partial charge on any atom is 0.277 e. The molecule has 0 aliphatic carbocycles. The zero-order chi connectivity index (χ0) is 20.1. The zero-order valence-electron chi connectivity index (χ0n) is 16.4. The van der Waals surface area contributed by atoms with Crippen molar-refractivity contribution in [1.29, 1.82) is 0 Å². The highest BCUT2D eigenvalue weighted by molar-refractivity contribution is 6.35.